The molecule has 0 aromatic carbocycles. The Morgan fingerprint density at radius 2 is 1.77 bits per heavy atom. The van der Waals surface area contributed by atoms with Crippen LogP contribution in [0.25, 0.3) is 0 Å². The molecule has 5 nitrogen and oxygen atoms in total. The Hall–Kier alpha value is -0.620. The van der Waals surface area contributed by atoms with E-state index in [1.54, 1.807) is 0 Å². The van der Waals surface area contributed by atoms with Gasteiger partial charge in [-0.1, -0.05) is 0 Å². The van der Waals surface area contributed by atoms with Crippen LogP contribution in [0.5, 0.6) is 0 Å². The third kappa shape index (κ3) is 2.39. The number of rotatable bonds is 5. The summed E-state index contributed by atoms with van der Waals surface area (Å²) in [5, 5.41) is 0. The van der Waals surface area contributed by atoms with Gasteiger partial charge in [0.2, 0.25) is 0 Å². The van der Waals surface area contributed by atoms with Gasteiger partial charge in [0, 0.05) is 0 Å². The van der Waals surface area contributed by atoms with Crippen LogP contribution in [0.1, 0.15) is 38.5 Å². The van der Waals surface area contributed by atoms with Gasteiger partial charge in [-0.2, -0.15) is 8.42 Å². The Labute approximate surface area is 131 Å². The second-order valence-electron chi connectivity index (χ2n) is 7.80. The van der Waals surface area contributed by atoms with Crippen molar-refractivity contribution in [1.82, 2.24) is 0 Å². The van der Waals surface area contributed by atoms with Crippen molar-refractivity contribution in [2.45, 2.75) is 38.5 Å². The third-order valence-corrected chi connectivity index (χ3v) is 7.63. The van der Waals surface area contributed by atoms with Crippen molar-refractivity contribution >= 4 is 16.1 Å². The Kier molecular flexibility index (Phi) is 3.53. The molecule has 4 bridgehead atoms. The van der Waals surface area contributed by atoms with Crippen molar-refractivity contribution in [2.24, 2.45) is 41.4 Å². The Balaban J connectivity index is 1.32. The van der Waals surface area contributed by atoms with Gasteiger partial charge in [0.05, 0.1) is 18.3 Å². The molecule has 0 saturated heterocycles. The first-order chi connectivity index (χ1) is 10.4. The van der Waals surface area contributed by atoms with E-state index in [1.165, 1.54) is 25.7 Å². The molecule has 4 fully saturated rings. The lowest BCUT2D eigenvalue weighted by Gasteiger charge is -2.37. The topological polar surface area (TPSA) is 80.7 Å². The zero-order chi connectivity index (χ0) is 15.5. The summed E-state index contributed by atoms with van der Waals surface area (Å²) in [5.74, 6) is 4.21. The van der Waals surface area contributed by atoms with Crippen LogP contribution in [-0.4, -0.2) is 31.3 Å². The quantitative estimate of drug-likeness (QED) is 0.362. The molecule has 7 atom stereocenters. The highest BCUT2D eigenvalue weighted by atomic mass is 32.2. The number of carbonyl (C=O) groups is 1. The number of fused-ring (bicyclic) bond motifs is 9. The predicted octanol–water partition coefficient (Wildman–Crippen LogP) is 2.13. The van der Waals surface area contributed by atoms with Crippen LogP contribution in [0.3, 0.4) is 0 Å². The monoisotopic (exact) mass is 328 g/mol. The van der Waals surface area contributed by atoms with Crippen LogP contribution in [0.15, 0.2) is 0 Å². The van der Waals surface area contributed by atoms with E-state index in [2.05, 4.69) is 0 Å². The van der Waals surface area contributed by atoms with Crippen molar-refractivity contribution < 1.29 is 22.5 Å². The second-order valence-corrected chi connectivity index (χ2v) is 9.37. The first-order valence-electron chi connectivity index (χ1n) is 8.56. The minimum absolute atomic E-state index is 0.0383. The standard InChI is InChI=1S/C16H24O5S/c17-16(21-4-1-5-22(18,19)20)13-8-11-7-12(13)15-10-3-2-9(6-10)14(11)15/h9-15H,1-8H2,(H,18,19,20)/t9-,10?,11-,12?,13?,14?,15?/m0/s1. The molecule has 4 aliphatic carbocycles. The average Bonchev–Trinajstić information content (AvgIpc) is 3.18. The van der Waals surface area contributed by atoms with E-state index < -0.39 is 10.1 Å². The normalized spacial score (nSPS) is 45.2. The summed E-state index contributed by atoms with van der Waals surface area (Å²) in [7, 11) is -3.96. The SMILES string of the molecule is O=C(OCCCS(=O)(=O)O)C1C[C@@H]2CC1C1C3CC[C@@H](C3)C12. The van der Waals surface area contributed by atoms with Crippen molar-refractivity contribution in [1.29, 1.82) is 0 Å². The summed E-state index contributed by atoms with van der Waals surface area (Å²) in [6, 6.07) is 0. The minimum Gasteiger partial charge on any atom is -0.465 e. The van der Waals surface area contributed by atoms with Crippen LogP contribution >= 0.6 is 0 Å². The Bertz CT molecular complexity index is 571. The summed E-state index contributed by atoms with van der Waals surface area (Å²) >= 11 is 0. The lowest BCUT2D eigenvalue weighted by molar-refractivity contribution is -0.152. The summed E-state index contributed by atoms with van der Waals surface area (Å²) in [6.45, 7) is 0.0899. The third-order valence-electron chi connectivity index (χ3n) is 6.83. The van der Waals surface area contributed by atoms with Gasteiger partial charge in [-0.3, -0.25) is 9.35 Å². The van der Waals surface area contributed by atoms with Gasteiger partial charge in [0.1, 0.15) is 0 Å². The fraction of sp³-hybridized carbons (Fsp3) is 0.938. The average molecular weight is 328 g/mol. The van der Waals surface area contributed by atoms with Crippen molar-refractivity contribution in [3.8, 4) is 0 Å². The number of hydrogen-bond donors (Lipinski definition) is 1. The van der Waals surface area contributed by atoms with Crippen LogP contribution in [0.4, 0.5) is 0 Å². The largest absolute Gasteiger partial charge is 0.465 e. The molecular weight excluding hydrogens is 304 g/mol. The summed E-state index contributed by atoms with van der Waals surface area (Å²) in [4.78, 5) is 12.3. The highest BCUT2D eigenvalue weighted by molar-refractivity contribution is 7.85. The van der Waals surface area contributed by atoms with E-state index in [4.69, 9.17) is 9.29 Å². The van der Waals surface area contributed by atoms with E-state index in [1.807, 2.05) is 0 Å². The fourth-order valence-corrected chi connectivity index (χ4v) is 6.84. The van der Waals surface area contributed by atoms with Gasteiger partial charge in [0.25, 0.3) is 10.1 Å². The van der Waals surface area contributed by atoms with Crippen molar-refractivity contribution in [3.63, 3.8) is 0 Å². The lowest BCUT2D eigenvalue weighted by Crippen LogP contribution is -2.36. The highest BCUT2D eigenvalue weighted by Crippen LogP contribution is 2.68. The van der Waals surface area contributed by atoms with E-state index in [0.29, 0.717) is 5.92 Å². The summed E-state index contributed by atoms with van der Waals surface area (Å²) in [5.41, 5.74) is 0. The molecule has 1 N–H and O–H groups in total. The maximum Gasteiger partial charge on any atom is 0.309 e. The molecule has 4 saturated carbocycles. The Morgan fingerprint density at radius 3 is 2.50 bits per heavy atom. The summed E-state index contributed by atoms with van der Waals surface area (Å²) in [6.07, 6.45) is 6.49. The molecule has 4 rings (SSSR count). The fourth-order valence-electron chi connectivity index (χ4n) is 6.36. The van der Waals surface area contributed by atoms with Crippen LogP contribution in [0.2, 0.25) is 0 Å². The predicted molar refractivity (Wildman–Crippen MR) is 79.5 cm³/mol. The molecule has 22 heavy (non-hydrogen) atoms. The Morgan fingerprint density at radius 1 is 1.05 bits per heavy atom. The molecule has 124 valence electrons. The van der Waals surface area contributed by atoms with Crippen LogP contribution in [0, 0.1) is 41.4 Å². The maximum atomic E-state index is 12.3. The molecule has 0 spiro atoms. The van der Waals surface area contributed by atoms with E-state index >= 15 is 0 Å². The lowest BCUT2D eigenvalue weighted by atomic mass is 9.67. The van der Waals surface area contributed by atoms with Crippen molar-refractivity contribution in [3.05, 3.63) is 0 Å². The van der Waals surface area contributed by atoms with Crippen molar-refractivity contribution in [2.75, 3.05) is 12.4 Å². The molecule has 0 heterocycles. The van der Waals surface area contributed by atoms with E-state index in [9.17, 15) is 13.2 Å². The molecule has 0 aromatic heterocycles. The van der Waals surface area contributed by atoms with Gasteiger partial charge in [-0.25, -0.2) is 0 Å². The molecule has 6 heteroatoms. The minimum atomic E-state index is -3.96. The van der Waals surface area contributed by atoms with E-state index in [0.717, 1.165) is 36.0 Å². The number of ether oxygens (including phenoxy) is 1. The molecule has 0 radical (unpaired) electrons. The van der Waals surface area contributed by atoms with Gasteiger partial charge in [0.15, 0.2) is 0 Å². The van der Waals surface area contributed by atoms with E-state index in [-0.39, 0.29) is 30.7 Å². The van der Waals surface area contributed by atoms with Crippen LogP contribution < -0.4 is 0 Å². The maximum absolute atomic E-state index is 12.3. The molecule has 0 aromatic rings. The smallest absolute Gasteiger partial charge is 0.309 e. The number of carbonyl (C=O) groups excluding carboxylic acids is 1. The molecular formula is C16H24O5S. The number of esters is 1. The zero-order valence-electron chi connectivity index (χ0n) is 12.7. The molecule has 0 amide bonds. The second kappa shape index (κ2) is 5.20. The first kappa shape index (κ1) is 14.9. The zero-order valence-corrected chi connectivity index (χ0v) is 13.5. The molecule has 4 aliphatic rings. The van der Waals surface area contributed by atoms with Crippen LogP contribution in [-0.2, 0) is 19.6 Å². The highest BCUT2D eigenvalue weighted by Gasteiger charge is 2.63. The number of hydrogen-bond acceptors (Lipinski definition) is 4. The van der Waals surface area contributed by atoms with Gasteiger partial charge in [-0.15, -0.1) is 0 Å². The molecule has 5 unspecified atom stereocenters. The summed E-state index contributed by atoms with van der Waals surface area (Å²) < 4.78 is 35.3. The van der Waals surface area contributed by atoms with Gasteiger partial charge in [-0.05, 0) is 74.0 Å². The first-order valence-corrected chi connectivity index (χ1v) is 10.2. The molecule has 0 aliphatic heterocycles. The van der Waals surface area contributed by atoms with Gasteiger partial charge < -0.3 is 4.74 Å². The van der Waals surface area contributed by atoms with Gasteiger partial charge >= 0.3 is 5.97 Å².